The summed E-state index contributed by atoms with van der Waals surface area (Å²) in [5, 5.41) is 21.7. The van der Waals surface area contributed by atoms with Gasteiger partial charge < -0.3 is 19.8 Å². The number of aliphatic hydroxyl groups excluding tert-OH is 1. The molecule has 0 saturated carbocycles. The number of methoxy groups -OCH3 is 1. The van der Waals surface area contributed by atoms with Gasteiger partial charge in [0.25, 0.3) is 11.7 Å². The highest BCUT2D eigenvalue weighted by Gasteiger charge is 2.47. The molecule has 184 valence electrons. The summed E-state index contributed by atoms with van der Waals surface area (Å²) in [6, 6.07) is 17.5. The van der Waals surface area contributed by atoms with Crippen LogP contribution in [-0.2, 0) is 9.59 Å². The van der Waals surface area contributed by atoms with E-state index >= 15 is 0 Å². The number of anilines is 2. The Balaban J connectivity index is 1.66. The number of phenols is 1. The van der Waals surface area contributed by atoms with Crippen LogP contribution >= 0.6 is 11.6 Å². The fourth-order valence-electron chi connectivity index (χ4n) is 4.87. The van der Waals surface area contributed by atoms with Crippen LogP contribution in [0.1, 0.15) is 30.0 Å². The maximum Gasteiger partial charge on any atom is 0.300 e. The molecule has 0 bridgehead atoms. The summed E-state index contributed by atoms with van der Waals surface area (Å²) >= 11 is 6.36. The summed E-state index contributed by atoms with van der Waals surface area (Å²) in [4.78, 5) is 30.4. The van der Waals surface area contributed by atoms with Gasteiger partial charge in [-0.05, 0) is 73.0 Å². The maximum absolute atomic E-state index is 13.4. The van der Waals surface area contributed by atoms with Crippen LogP contribution in [0.3, 0.4) is 0 Å². The van der Waals surface area contributed by atoms with E-state index in [2.05, 4.69) is 4.90 Å². The second kappa shape index (κ2) is 9.59. The number of carbonyl (C=O) groups excluding carboxylic acids is 2. The molecule has 2 fully saturated rings. The lowest BCUT2D eigenvalue weighted by molar-refractivity contribution is -0.132. The van der Waals surface area contributed by atoms with E-state index in [0.717, 1.165) is 31.6 Å². The number of aromatic hydroxyl groups is 1. The van der Waals surface area contributed by atoms with Gasteiger partial charge in [-0.2, -0.15) is 0 Å². The Kier molecular flexibility index (Phi) is 6.33. The molecule has 8 heteroatoms. The molecule has 0 radical (unpaired) electrons. The molecule has 2 aliphatic rings. The molecule has 1 unspecified atom stereocenters. The van der Waals surface area contributed by atoms with Gasteiger partial charge in [-0.3, -0.25) is 14.5 Å². The van der Waals surface area contributed by atoms with Gasteiger partial charge in [-0.1, -0.05) is 23.7 Å². The number of ketones is 1. The molecule has 36 heavy (non-hydrogen) atoms. The van der Waals surface area contributed by atoms with E-state index < -0.39 is 23.5 Å². The van der Waals surface area contributed by atoms with E-state index in [9.17, 15) is 19.8 Å². The zero-order chi connectivity index (χ0) is 25.4. The van der Waals surface area contributed by atoms with Crippen LogP contribution in [0, 0.1) is 0 Å². The quantitative estimate of drug-likeness (QED) is 0.279. The monoisotopic (exact) mass is 504 g/mol. The van der Waals surface area contributed by atoms with Crippen LogP contribution in [0.15, 0.2) is 72.3 Å². The van der Waals surface area contributed by atoms with Gasteiger partial charge in [-0.15, -0.1) is 0 Å². The summed E-state index contributed by atoms with van der Waals surface area (Å²) < 4.78 is 5.25. The standard InChI is InChI=1S/C28H25ClN2O5/c1-36-21-11-12-23(29)22(16-21)26(33)24-25(17-5-4-6-20(32)15-17)31(28(35)27(24)34)19-9-7-18(8-10-19)30-13-2-3-14-30/h4-12,15-16,25,32-33H,2-3,13-14H2,1H3/b26-24+. The molecule has 1 amide bonds. The highest BCUT2D eigenvalue weighted by Crippen LogP contribution is 2.44. The van der Waals surface area contributed by atoms with Crippen molar-refractivity contribution in [3.8, 4) is 11.5 Å². The molecule has 3 aromatic rings. The van der Waals surface area contributed by atoms with Gasteiger partial charge in [0.2, 0.25) is 0 Å². The highest BCUT2D eigenvalue weighted by atomic mass is 35.5. The van der Waals surface area contributed by atoms with Crippen molar-refractivity contribution in [1.29, 1.82) is 0 Å². The van der Waals surface area contributed by atoms with Crippen LogP contribution in [0.2, 0.25) is 5.02 Å². The Bertz CT molecular complexity index is 1360. The number of nitrogens with zero attached hydrogens (tertiary/aromatic N) is 2. The predicted molar refractivity (Wildman–Crippen MR) is 139 cm³/mol. The number of hydrogen-bond acceptors (Lipinski definition) is 6. The smallest absolute Gasteiger partial charge is 0.300 e. The van der Waals surface area contributed by atoms with Crippen molar-refractivity contribution in [3.63, 3.8) is 0 Å². The van der Waals surface area contributed by atoms with Gasteiger partial charge in [0.05, 0.1) is 23.7 Å². The van der Waals surface area contributed by atoms with Crippen LogP contribution in [0.25, 0.3) is 5.76 Å². The molecule has 7 nitrogen and oxygen atoms in total. The summed E-state index contributed by atoms with van der Waals surface area (Å²) in [6.07, 6.45) is 2.28. The lowest BCUT2D eigenvalue weighted by Gasteiger charge is -2.26. The van der Waals surface area contributed by atoms with Crippen LogP contribution in [0.5, 0.6) is 11.5 Å². The third kappa shape index (κ3) is 4.16. The molecule has 0 spiro atoms. The molecule has 2 saturated heterocycles. The molecular weight excluding hydrogens is 480 g/mol. The number of ether oxygens (including phenoxy) is 1. The summed E-state index contributed by atoms with van der Waals surface area (Å²) in [5.41, 5.74) is 2.07. The first-order valence-electron chi connectivity index (χ1n) is 11.7. The second-order valence-corrected chi connectivity index (χ2v) is 9.23. The fourth-order valence-corrected chi connectivity index (χ4v) is 5.07. The van der Waals surface area contributed by atoms with Gasteiger partial charge in [0.1, 0.15) is 17.3 Å². The lowest BCUT2D eigenvalue weighted by atomic mass is 9.95. The predicted octanol–water partition coefficient (Wildman–Crippen LogP) is 5.28. The minimum atomic E-state index is -0.975. The van der Waals surface area contributed by atoms with Crippen LogP contribution in [-0.4, -0.2) is 42.1 Å². The summed E-state index contributed by atoms with van der Waals surface area (Å²) in [5.74, 6) is -1.63. The second-order valence-electron chi connectivity index (χ2n) is 8.82. The zero-order valence-electron chi connectivity index (χ0n) is 19.6. The number of phenolic OH excluding ortho intramolecular Hbond substituents is 1. The van der Waals surface area contributed by atoms with E-state index in [1.54, 1.807) is 36.4 Å². The number of rotatable bonds is 5. The Morgan fingerprint density at radius 3 is 2.33 bits per heavy atom. The number of Topliss-reactive ketones (excluding diaryl/α,β-unsaturated/α-hetero) is 1. The van der Waals surface area contributed by atoms with Crippen molar-refractivity contribution in [3.05, 3.63) is 88.5 Å². The number of halogens is 1. The first kappa shape index (κ1) is 23.8. The first-order chi connectivity index (χ1) is 17.4. The SMILES string of the molecule is COc1ccc(Cl)c(/C(O)=C2\C(=O)C(=O)N(c3ccc(N4CCCC4)cc3)C2c2cccc(O)c2)c1. The normalized spacial score (nSPS) is 19.2. The highest BCUT2D eigenvalue weighted by molar-refractivity contribution is 6.52. The Morgan fingerprint density at radius 2 is 1.67 bits per heavy atom. The van der Waals surface area contributed by atoms with Gasteiger partial charge in [0.15, 0.2) is 0 Å². The number of carbonyl (C=O) groups is 2. The van der Waals surface area contributed by atoms with Crippen molar-refractivity contribution in [2.75, 3.05) is 30.0 Å². The minimum Gasteiger partial charge on any atom is -0.508 e. The summed E-state index contributed by atoms with van der Waals surface area (Å²) in [7, 11) is 1.48. The molecule has 2 N–H and O–H groups in total. The van der Waals surface area contributed by atoms with Crippen molar-refractivity contribution in [2.24, 2.45) is 0 Å². The molecule has 2 heterocycles. The Hall–Kier alpha value is -3.97. The largest absolute Gasteiger partial charge is 0.508 e. The summed E-state index contributed by atoms with van der Waals surface area (Å²) in [6.45, 7) is 1.96. The number of amides is 1. The van der Waals surface area contributed by atoms with E-state index in [0.29, 0.717) is 17.0 Å². The minimum absolute atomic E-state index is 0.0260. The first-order valence-corrected chi connectivity index (χ1v) is 12.1. The molecule has 1 atom stereocenters. The number of benzene rings is 3. The number of hydrogen-bond donors (Lipinski definition) is 2. The molecule has 5 rings (SSSR count). The molecular formula is C28H25ClN2O5. The van der Waals surface area contributed by atoms with E-state index in [1.165, 1.54) is 30.2 Å². The molecule has 0 aromatic heterocycles. The van der Waals surface area contributed by atoms with Gasteiger partial charge >= 0.3 is 0 Å². The lowest BCUT2D eigenvalue weighted by Crippen LogP contribution is -2.29. The number of aliphatic hydroxyl groups is 1. The molecule has 2 aliphatic heterocycles. The fraction of sp³-hybridized carbons (Fsp3) is 0.214. The molecule has 3 aromatic carbocycles. The van der Waals surface area contributed by atoms with Crippen molar-refractivity contribution >= 4 is 40.4 Å². The maximum atomic E-state index is 13.4. The molecule has 0 aliphatic carbocycles. The van der Waals surface area contributed by atoms with Crippen molar-refractivity contribution < 1.29 is 24.5 Å². The van der Waals surface area contributed by atoms with E-state index in [4.69, 9.17) is 16.3 Å². The Labute approximate surface area is 213 Å². The Morgan fingerprint density at radius 1 is 0.972 bits per heavy atom. The zero-order valence-corrected chi connectivity index (χ0v) is 20.4. The van der Waals surface area contributed by atoms with Crippen molar-refractivity contribution in [1.82, 2.24) is 0 Å². The average Bonchev–Trinajstić information content (AvgIpc) is 3.51. The van der Waals surface area contributed by atoms with Crippen LogP contribution in [0.4, 0.5) is 11.4 Å². The van der Waals surface area contributed by atoms with Gasteiger partial charge in [0, 0.05) is 30.0 Å². The average molecular weight is 505 g/mol. The van der Waals surface area contributed by atoms with Gasteiger partial charge in [-0.25, -0.2) is 0 Å². The van der Waals surface area contributed by atoms with E-state index in [1.807, 2.05) is 12.1 Å². The third-order valence-corrected chi connectivity index (χ3v) is 6.99. The van der Waals surface area contributed by atoms with Crippen molar-refractivity contribution in [2.45, 2.75) is 18.9 Å². The van der Waals surface area contributed by atoms with E-state index in [-0.39, 0.29) is 21.9 Å². The van der Waals surface area contributed by atoms with Crippen LogP contribution < -0.4 is 14.5 Å². The third-order valence-electron chi connectivity index (χ3n) is 6.66. The topological polar surface area (TPSA) is 90.3 Å².